The molecule has 1 aromatic heterocycles. The zero-order valence-electron chi connectivity index (χ0n) is 15.4. The summed E-state index contributed by atoms with van der Waals surface area (Å²) in [4.78, 5) is 39.4. The van der Waals surface area contributed by atoms with Crippen LogP contribution < -0.4 is 10.3 Å². The van der Waals surface area contributed by atoms with Gasteiger partial charge in [0.05, 0.1) is 13.5 Å². The molecule has 142 valence electrons. The van der Waals surface area contributed by atoms with Crippen molar-refractivity contribution in [2.24, 2.45) is 0 Å². The van der Waals surface area contributed by atoms with Crippen molar-refractivity contribution < 1.29 is 14.3 Å². The molecular weight excluding hydrogens is 348 g/mol. The third kappa shape index (κ3) is 4.33. The molecule has 1 aromatic carbocycles. The number of nitrogens with zero attached hydrogens (tertiary/aromatic N) is 3. The Hall–Kier alpha value is -3.16. The average Bonchev–Trinajstić information content (AvgIpc) is 2.68. The number of benzene rings is 1. The van der Waals surface area contributed by atoms with Gasteiger partial charge >= 0.3 is 0 Å². The highest BCUT2D eigenvalue weighted by Gasteiger charge is 2.25. The van der Waals surface area contributed by atoms with Gasteiger partial charge in [0.25, 0.3) is 11.5 Å². The highest BCUT2D eigenvalue weighted by Crippen LogP contribution is 2.19. The monoisotopic (exact) mass is 370 g/mol. The maximum atomic E-state index is 12.6. The van der Waals surface area contributed by atoms with E-state index in [0.717, 1.165) is 16.9 Å². The van der Waals surface area contributed by atoms with Crippen molar-refractivity contribution in [2.45, 2.75) is 13.3 Å². The van der Waals surface area contributed by atoms with Crippen LogP contribution in [0.4, 0.5) is 0 Å². The Labute approximate surface area is 156 Å². The lowest BCUT2D eigenvalue weighted by molar-refractivity contribution is -0.131. The van der Waals surface area contributed by atoms with E-state index in [9.17, 15) is 14.4 Å². The maximum absolute atomic E-state index is 12.6. The Kier molecular flexibility index (Phi) is 5.54. The fourth-order valence-electron chi connectivity index (χ4n) is 3.12. The average molecular weight is 370 g/mol. The molecule has 1 fully saturated rings. The number of amides is 2. The molecule has 2 amide bonds. The number of aromatic amines is 1. The third-order valence-corrected chi connectivity index (χ3v) is 4.63. The Morgan fingerprint density at radius 2 is 1.81 bits per heavy atom. The van der Waals surface area contributed by atoms with Gasteiger partial charge in [-0.2, -0.15) is 5.10 Å². The van der Waals surface area contributed by atoms with E-state index in [-0.39, 0.29) is 23.1 Å². The molecule has 0 bridgehead atoms. The smallest absolute Gasteiger partial charge is 0.274 e. The van der Waals surface area contributed by atoms with Crippen molar-refractivity contribution in [3.8, 4) is 5.75 Å². The fourth-order valence-corrected chi connectivity index (χ4v) is 3.12. The van der Waals surface area contributed by atoms with Crippen LogP contribution in [0.25, 0.3) is 0 Å². The second-order valence-electron chi connectivity index (χ2n) is 6.46. The molecule has 1 saturated heterocycles. The summed E-state index contributed by atoms with van der Waals surface area (Å²) in [5.74, 6) is 0.590. The number of carbonyl (C=O) groups excluding carboxylic acids is 2. The standard InChI is InChI=1S/C19H22N4O4/c1-13-11-14(3-5-16(13)27-2)12-18(25)22-7-9-23(10-8-22)19(26)15-4-6-17(24)21-20-15/h3-6,11H,7-10,12H2,1-2H3,(H,21,24). The number of carbonyl (C=O) groups is 2. The van der Waals surface area contributed by atoms with E-state index in [1.165, 1.54) is 12.1 Å². The van der Waals surface area contributed by atoms with Crippen LogP contribution in [-0.4, -0.2) is 65.1 Å². The summed E-state index contributed by atoms with van der Waals surface area (Å²) in [7, 11) is 1.62. The Bertz CT molecular complexity index is 880. The lowest BCUT2D eigenvalue weighted by Crippen LogP contribution is -2.51. The molecule has 1 aliphatic rings. The summed E-state index contributed by atoms with van der Waals surface area (Å²) in [6, 6.07) is 8.40. The molecule has 0 unspecified atom stereocenters. The molecule has 3 rings (SSSR count). The first-order chi connectivity index (χ1) is 13.0. The molecule has 27 heavy (non-hydrogen) atoms. The van der Waals surface area contributed by atoms with Crippen LogP contribution in [0.15, 0.2) is 35.1 Å². The summed E-state index contributed by atoms with van der Waals surface area (Å²) in [5.41, 5.74) is 1.78. The summed E-state index contributed by atoms with van der Waals surface area (Å²) >= 11 is 0. The van der Waals surface area contributed by atoms with E-state index in [4.69, 9.17) is 4.74 Å². The van der Waals surface area contributed by atoms with Gasteiger partial charge in [0, 0.05) is 32.2 Å². The van der Waals surface area contributed by atoms with Crippen molar-refractivity contribution in [1.29, 1.82) is 0 Å². The molecule has 0 atom stereocenters. The minimum absolute atomic E-state index is 0.0360. The number of aryl methyl sites for hydroxylation is 1. The summed E-state index contributed by atoms with van der Waals surface area (Å²) in [6.07, 6.45) is 0.320. The number of rotatable bonds is 4. The fraction of sp³-hybridized carbons (Fsp3) is 0.368. The topological polar surface area (TPSA) is 95.6 Å². The number of hydrogen-bond acceptors (Lipinski definition) is 5. The van der Waals surface area contributed by atoms with Crippen LogP contribution in [0.3, 0.4) is 0 Å². The molecule has 0 radical (unpaired) electrons. The number of piperazine rings is 1. The quantitative estimate of drug-likeness (QED) is 0.851. The van der Waals surface area contributed by atoms with Crippen LogP contribution in [0.2, 0.25) is 0 Å². The third-order valence-electron chi connectivity index (χ3n) is 4.63. The van der Waals surface area contributed by atoms with Crippen molar-refractivity contribution in [3.63, 3.8) is 0 Å². The highest BCUT2D eigenvalue weighted by molar-refractivity contribution is 5.92. The first-order valence-electron chi connectivity index (χ1n) is 8.74. The van der Waals surface area contributed by atoms with Gasteiger partial charge in [0.2, 0.25) is 5.91 Å². The minimum atomic E-state index is -0.351. The summed E-state index contributed by atoms with van der Waals surface area (Å²) in [6.45, 7) is 3.77. The minimum Gasteiger partial charge on any atom is -0.496 e. The SMILES string of the molecule is COc1ccc(CC(=O)N2CCN(C(=O)c3ccc(=O)[nH]n3)CC2)cc1C. The molecule has 2 heterocycles. The van der Waals surface area contributed by atoms with Gasteiger partial charge in [-0.1, -0.05) is 12.1 Å². The Morgan fingerprint density at radius 1 is 1.11 bits per heavy atom. The van der Waals surface area contributed by atoms with Gasteiger partial charge in [0.15, 0.2) is 0 Å². The Balaban J connectivity index is 1.56. The van der Waals surface area contributed by atoms with Crippen LogP contribution in [0.5, 0.6) is 5.75 Å². The van der Waals surface area contributed by atoms with E-state index in [2.05, 4.69) is 10.2 Å². The van der Waals surface area contributed by atoms with E-state index in [1.54, 1.807) is 16.9 Å². The van der Waals surface area contributed by atoms with Gasteiger partial charge < -0.3 is 14.5 Å². The molecule has 2 aromatic rings. The van der Waals surface area contributed by atoms with Gasteiger partial charge in [0.1, 0.15) is 11.4 Å². The van der Waals surface area contributed by atoms with Crippen molar-refractivity contribution in [1.82, 2.24) is 20.0 Å². The predicted molar refractivity (Wildman–Crippen MR) is 98.8 cm³/mol. The number of nitrogens with one attached hydrogen (secondary N) is 1. The number of aromatic nitrogens is 2. The van der Waals surface area contributed by atoms with Crippen LogP contribution in [0.1, 0.15) is 21.6 Å². The first kappa shape index (κ1) is 18.6. The zero-order chi connectivity index (χ0) is 19.4. The summed E-state index contributed by atoms with van der Waals surface area (Å²) < 4.78 is 5.24. The van der Waals surface area contributed by atoms with E-state index < -0.39 is 0 Å². The second kappa shape index (κ2) is 8.03. The molecule has 0 spiro atoms. The van der Waals surface area contributed by atoms with Crippen molar-refractivity contribution in [2.75, 3.05) is 33.3 Å². The molecular formula is C19H22N4O4. The second-order valence-corrected chi connectivity index (χ2v) is 6.46. The van der Waals surface area contributed by atoms with Crippen LogP contribution in [-0.2, 0) is 11.2 Å². The predicted octanol–water partition coefficient (Wildman–Crippen LogP) is 0.614. The molecule has 1 aliphatic heterocycles. The lowest BCUT2D eigenvalue weighted by Gasteiger charge is -2.34. The zero-order valence-corrected chi connectivity index (χ0v) is 15.4. The lowest BCUT2D eigenvalue weighted by atomic mass is 10.1. The molecule has 8 heteroatoms. The van der Waals surface area contributed by atoms with Crippen molar-refractivity contribution >= 4 is 11.8 Å². The number of ether oxygens (including phenoxy) is 1. The first-order valence-corrected chi connectivity index (χ1v) is 8.74. The normalized spacial score (nSPS) is 14.1. The van der Waals surface area contributed by atoms with Crippen molar-refractivity contribution in [3.05, 3.63) is 57.5 Å². The largest absolute Gasteiger partial charge is 0.496 e. The van der Waals surface area contributed by atoms with Gasteiger partial charge in [-0.25, -0.2) is 5.10 Å². The van der Waals surface area contributed by atoms with Crippen LogP contribution in [0, 0.1) is 6.92 Å². The van der Waals surface area contributed by atoms with E-state index >= 15 is 0 Å². The van der Waals surface area contributed by atoms with Crippen LogP contribution >= 0.6 is 0 Å². The van der Waals surface area contributed by atoms with Gasteiger partial charge in [-0.3, -0.25) is 14.4 Å². The van der Waals surface area contributed by atoms with Gasteiger partial charge in [-0.05, 0) is 30.2 Å². The maximum Gasteiger partial charge on any atom is 0.274 e. The molecule has 0 saturated carbocycles. The Morgan fingerprint density at radius 3 is 2.41 bits per heavy atom. The molecule has 0 aliphatic carbocycles. The van der Waals surface area contributed by atoms with E-state index in [0.29, 0.717) is 32.6 Å². The molecule has 1 N–H and O–H groups in total. The number of hydrogen-bond donors (Lipinski definition) is 1. The highest BCUT2D eigenvalue weighted by atomic mass is 16.5. The summed E-state index contributed by atoms with van der Waals surface area (Å²) in [5, 5.41) is 6.03. The van der Waals surface area contributed by atoms with Gasteiger partial charge in [-0.15, -0.1) is 0 Å². The number of methoxy groups -OCH3 is 1. The molecule has 8 nitrogen and oxygen atoms in total. The number of H-pyrrole nitrogens is 1. The van der Waals surface area contributed by atoms with E-state index in [1.807, 2.05) is 25.1 Å².